The number of esters is 1. The van der Waals surface area contributed by atoms with E-state index in [1.54, 1.807) is 31.2 Å². The molecule has 0 radical (unpaired) electrons. The number of alkyl halides is 2. The summed E-state index contributed by atoms with van der Waals surface area (Å²) in [6.45, 7) is 3.00. The average molecular weight is 319 g/mol. The summed E-state index contributed by atoms with van der Waals surface area (Å²) < 4.78 is 32.5. The lowest BCUT2D eigenvalue weighted by Gasteiger charge is -2.22. The number of fused-ring (bicyclic) bond motifs is 1. The van der Waals surface area contributed by atoms with Crippen LogP contribution in [0.2, 0.25) is 0 Å². The molecule has 0 fully saturated rings. The number of hydrogen-bond donors (Lipinski definition) is 2. The van der Waals surface area contributed by atoms with Gasteiger partial charge in [0.05, 0.1) is 6.61 Å². The van der Waals surface area contributed by atoms with E-state index < -0.39 is 17.9 Å². The van der Waals surface area contributed by atoms with Gasteiger partial charge in [-0.2, -0.15) is 8.78 Å². The molecule has 0 bridgehead atoms. The van der Waals surface area contributed by atoms with Crippen LogP contribution in [0.5, 0.6) is 0 Å². The number of ether oxygens (including phenoxy) is 1. The second kappa shape index (κ2) is 6.41. The van der Waals surface area contributed by atoms with Gasteiger partial charge in [-0.3, -0.25) is 0 Å². The maximum atomic E-state index is 14.1. The first-order valence-corrected chi connectivity index (χ1v) is 6.27. The van der Waals surface area contributed by atoms with Gasteiger partial charge in [0.2, 0.25) is 0 Å². The van der Waals surface area contributed by atoms with E-state index in [-0.39, 0.29) is 24.6 Å². The molecule has 0 saturated carbocycles. The number of aryl methyl sites for hydroxylation is 1. The first-order valence-electron chi connectivity index (χ1n) is 6.27. The van der Waals surface area contributed by atoms with Crippen molar-refractivity contribution < 1.29 is 18.3 Å². The van der Waals surface area contributed by atoms with Crippen molar-refractivity contribution >= 4 is 29.3 Å². The van der Waals surface area contributed by atoms with Gasteiger partial charge in [0.25, 0.3) is 0 Å². The van der Waals surface area contributed by atoms with Crippen molar-refractivity contribution in [2.24, 2.45) is 5.73 Å². The molecule has 116 valence electrons. The van der Waals surface area contributed by atoms with Crippen molar-refractivity contribution in [3.05, 3.63) is 35.5 Å². The summed E-state index contributed by atoms with van der Waals surface area (Å²) in [7, 11) is 0. The Labute approximate surface area is 127 Å². The van der Waals surface area contributed by atoms with E-state index in [9.17, 15) is 13.6 Å². The van der Waals surface area contributed by atoms with Gasteiger partial charge in [0, 0.05) is 22.2 Å². The van der Waals surface area contributed by atoms with Crippen LogP contribution in [0.15, 0.2) is 24.3 Å². The Morgan fingerprint density at radius 3 is 2.67 bits per heavy atom. The number of aromatic nitrogens is 1. The highest BCUT2D eigenvalue weighted by Gasteiger charge is 2.49. The molecule has 4 nitrogen and oxygen atoms in total. The summed E-state index contributed by atoms with van der Waals surface area (Å²) in [6, 6.07) is 5.22. The summed E-state index contributed by atoms with van der Waals surface area (Å²) in [5.74, 6) is -5.37. The summed E-state index contributed by atoms with van der Waals surface area (Å²) in [5.41, 5.74) is 7.10. The molecule has 0 aliphatic carbocycles. The largest absolute Gasteiger partial charge is 0.462 e. The molecule has 3 N–H and O–H groups in total. The molecule has 1 aromatic carbocycles. The summed E-state index contributed by atoms with van der Waals surface area (Å²) >= 11 is 0. The summed E-state index contributed by atoms with van der Waals surface area (Å²) in [5, 5.41) is 0.585. The SMILES string of the molecule is CCOC(=O)C(F)(F)[C@H](N)c1c(C)[nH]c2ccccc12.Cl. The lowest BCUT2D eigenvalue weighted by Crippen LogP contribution is -2.42. The molecule has 21 heavy (non-hydrogen) atoms. The van der Waals surface area contributed by atoms with E-state index in [4.69, 9.17) is 5.73 Å². The molecule has 0 aliphatic rings. The number of benzene rings is 1. The van der Waals surface area contributed by atoms with Crippen LogP contribution in [-0.4, -0.2) is 23.5 Å². The van der Waals surface area contributed by atoms with Crippen molar-refractivity contribution in [1.82, 2.24) is 4.98 Å². The molecular formula is C14H17ClF2N2O2. The molecule has 1 aromatic heterocycles. The van der Waals surface area contributed by atoms with Gasteiger partial charge in [-0.1, -0.05) is 18.2 Å². The first-order chi connectivity index (χ1) is 9.39. The fourth-order valence-electron chi connectivity index (χ4n) is 2.23. The van der Waals surface area contributed by atoms with Crippen LogP contribution in [0.3, 0.4) is 0 Å². The Balaban J connectivity index is 0.00000220. The summed E-state index contributed by atoms with van der Waals surface area (Å²) in [6.07, 6.45) is 0. The Bertz CT molecular complexity index is 643. The highest BCUT2D eigenvalue weighted by Crippen LogP contribution is 2.36. The fraction of sp³-hybridized carbons (Fsp3) is 0.357. The minimum atomic E-state index is -3.77. The molecule has 2 rings (SSSR count). The lowest BCUT2D eigenvalue weighted by molar-refractivity contribution is -0.174. The number of nitrogens with one attached hydrogen (secondary N) is 1. The minimum Gasteiger partial charge on any atom is -0.462 e. The van der Waals surface area contributed by atoms with Gasteiger partial charge < -0.3 is 15.5 Å². The number of para-hydroxylation sites is 1. The van der Waals surface area contributed by atoms with Crippen LogP contribution in [0.4, 0.5) is 8.78 Å². The van der Waals surface area contributed by atoms with Crippen molar-refractivity contribution in [2.45, 2.75) is 25.8 Å². The zero-order valence-electron chi connectivity index (χ0n) is 11.7. The standard InChI is InChI=1S/C14H16F2N2O2.ClH/c1-3-20-13(19)14(15,16)12(17)11-8(2)18-10-7-5-4-6-9(10)11;/h4-7,12,18H,3,17H2,1-2H3;1H/t12-;/m1./s1. The monoisotopic (exact) mass is 318 g/mol. The van der Waals surface area contributed by atoms with E-state index in [0.29, 0.717) is 16.6 Å². The molecular weight excluding hydrogens is 302 g/mol. The molecule has 2 aromatic rings. The maximum Gasteiger partial charge on any atom is 0.379 e. The molecule has 1 heterocycles. The van der Waals surface area contributed by atoms with Crippen molar-refractivity contribution in [3.8, 4) is 0 Å². The molecule has 0 saturated heterocycles. The van der Waals surface area contributed by atoms with Crippen LogP contribution >= 0.6 is 12.4 Å². The zero-order chi connectivity index (χ0) is 14.9. The number of H-pyrrole nitrogens is 1. The number of rotatable bonds is 4. The summed E-state index contributed by atoms with van der Waals surface area (Å²) in [4.78, 5) is 14.4. The highest BCUT2D eigenvalue weighted by molar-refractivity contribution is 5.87. The van der Waals surface area contributed by atoms with Gasteiger partial charge in [-0.15, -0.1) is 12.4 Å². The van der Waals surface area contributed by atoms with Gasteiger partial charge in [-0.05, 0) is 19.9 Å². The van der Waals surface area contributed by atoms with Crippen LogP contribution in [0.1, 0.15) is 24.2 Å². The first kappa shape index (κ1) is 17.4. The topological polar surface area (TPSA) is 68.1 Å². The molecule has 1 atom stereocenters. The van der Waals surface area contributed by atoms with Crippen LogP contribution < -0.4 is 5.73 Å². The fourth-order valence-corrected chi connectivity index (χ4v) is 2.23. The number of nitrogens with two attached hydrogens (primary N) is 1. The van der Waals surface area contributed by atoms with E-state index in [0.717, 1.165) is 0 Å². The van der Waals surface area contributed by atoms with E-state index in [1.807, 2.05) is 0 Å². The predicted molar refractivity (Wildman–Crippen MR) is 78.8 cm³/mol. The van der Waals surface area contributed by atoms with Crippen molar-refractivity contribution in [3.63, 3.8) is 0 Å². The normalized spacial score (nSPS) is 12.8. The van der Waals surface area contributed by atoms with Crippen LogP contribution in [0.25, 0.3) is 10.9 Å². The number of hydrogen-bond acceptors (Lipinski definition) is 3. The second-order valence-corrected chi connectivity index (χ2v) is 4.53. The van der Waals surface area contributed by atoms with Crippen LogP contribution in [0, 0.1) is 6.92 Å². The number of aromatic amines is 1. The Morgan fingerprint density at radius 1 is 1.43 bits per heavy atom. The Morgan fingerprint density at radius 2 is 2.05 bits per heavy atom. The van der Waals surface area contributed by atoms with E-state index >= 15 is 0 Å². The third kappa shape index (κ3) is 3.01. The van der Waals surface area contributed by atoms with Crippen molar-refractivity contribution in [1.29, 1.82) is 0 Å². The van der Waals surface area contributed by atoms with Gasteiger partial charge in [0.15, 0.2) is 0 Å². The average Bonchev–Trinajstić information content (AvgIpc) is 2.73. The number of carbonyl (C=O) groups is 1. The van der Waals surface area contributed by atoms with Gasteiger partial charge in [0.1, 0.15) is 6.04 Å². The molecule has 0 spiro atoms. The maximum absolute atomic E-state index is 14.1. The molecule has 0 amide bonds. The van der Waals surface area contributed by atoms with Crippen molar-refractivity contribution in [2.75, 3.05) is 6.61 Å². The third-order valence-electron chi connectivity index (χ3n) is 3.19. The smallest absolute Gasteiger partial charge is 0.379 e. The van der Waals surface area contributed by atoms with E-state index in [2.05, 4.69) is 9.72 Å². The second-order valence-electron chi connectivity index (χ2n) is 4.53. The predicted octanol–water partition coefficient (Wildman–Crippen LogP) is 3.10. The zero-order valence-corrected chi connectivity index (χ0v) is 12.5. The lowest BCUT2D eigenvalue weighted by atomic mass is 9.98. The minimum absolute atomic E-state index is 0. The van der Waals surface area contributed by atoms with E-state index in [1.165, 1.54) is 6.92 Å². The number of halogens is 3. The van der Waals surface area contributed by atoms with Gasteiger partial charge >= 0.3 is 11.9 Å². The third-order valence-corrected chi connectivity index (χ3v) is 3.19. The Kier molecular flexibility index (Phi) is 5.31. The quantitative estimate of drug-likeness (QED) is 0.851. The number of carbonyl (C=O) groups excluding carboxylic acids is 1. The Hall–Kier alpha value is -1.66. The molecule has 7 heteroatoms. The highest BCUT2D eigenvalue weighted by atomic mass is 35.5. The molecule has 0 unspecified atom stereocenters. The van der Waals surface area contributed by atoms with Gasteiger partial charge in [-0.25, -0.2) is 4.79 Å². The molecule has 0 aliphatic heterocycles. The van der Waals surface area contributed by atoms with Crippen LogP contribution in [-0.2, 0) is 9.53 Å².